The van der Waals surface area contributed by atoms with Gasteiger partial charge in [-0.15, -0.1) is 0 Å². The van der Waals surface area contributed by atoms with Gasteiger partial charge < -0.3 is 14.8 Å². The van der Waals surface area contributed by atoms with Crippen LogP contribution < -0.4 is 10.1 Å². The van der Waals surface area contributed by atoms with Crippen molar-refractivity contribution in [2.45, 2.75) is 37.5 Å². The minimum Gasteiger partial charge on any atom is -0.449 e. The summed E-state index contributed by atoms with van der Waals surface area (Å²) in [5.41, 5.74) is 4.04. The molecule has 0 saturated carbocycles. The molecule has 0 radical (unpaired) electrons. The molecule has 0 heterocycles. The van der Waals surface area contributed by atoms with E-state index < -0.39 is 47.1 Å². The number of nitrogens with one attached hydrogen (secondary N) is 1. The summed E-state index contributed by atoms with van der Waals surface area (Å²) in [7, 11) is 2.59. The first-order valence-electron chi connectivity index (χ1n) is 11.9. The van der Waals surface area contributed by atoms with Gasteiger partial charge in [-0.25, -0.2) is 18.4 Å². The first-order valence-corrected chi connectivity index (χ1v) is 14.2. The summed E-state index contributed by atoms with van der Waals surface area (Å²) in [5.74, 6) is -10.3. The van der Waals surface area contributed by atoms with Gasteiger partial charge in [0.25, 0.3) is 0 Å². The Kier molecular flexibility index (Phi) is 8.80. The Balaban J connectivity index is 1.48. The van der Waals surface area contributed by atoms with Crippen LogP contribution in [0.4, 0.5) is 22.4 Å². The summed E-state index contributed by atoms with van der Waals surface area (Å²) in [6, 6.07) is 14.1. The molecular weight excluding hydrogens is 554 g/mol. The van der Waals surface area contributed by atoms with Crippen LogP contribution >= 0.6 is 21.6 Å². The monoisotopic (exact) mass is 579 g/mol. The molecule has 1 amide bonds. The summed E-state index contributed by atoms with van der Waals surface area (Å²) in [5, 5.41) is 2.36. The van der Waals surface area contributed by atoms with E-state index in [1.54, 1.807) is 0 Å². The molecule has 3 aromatic rings. The number of benzene rings is 3. The fraction of sp³-hybridized carbons (Fsp3) is 0.286. The number of hydrogen-bond donors (Lipinski definition) is 1. The molecule has 0 aromatic heterocycles. The molecular formula is C28H25F4NO4S2. The molecule has 1 aliphatic carbocycles. The predicted octanol–water partition coefficient (Wildman–Crippen LogP) is 7.24. The van der Waals surface area contributed by atoms with Crippen molar-refractivity contribution in [3.05, 3.63) is 89.0 Å². The van der Waals surface area contributed by atoms with E-state index in [0.29, 0.717) is 0 Å². The second-order valence-electron chi connectivity index (χ2n) is 9.72. The van der Waals surface area contributed by atoms with Crippen molar-refractivity contribution in [3.63, 3.8) is 0 Å². The smallest absolute Gasteiger partial charge is 0.407 e. The number of fused-ring (bicyclic) bond motifs is 3. The third-order valence-corrected chi connectivity index (χ3v) is 9.09. The molecule has 0 saturated heterocycles. The molecule has 3 aromatic carbocycles. The van der Waals surface area contributed by atoms with Gasteiger partial charge in [0.1, 0.15) is 12.6 Å². The Morgan fingerprint density at radius 1 is 0.923 bits per heavy atom. The van der Waals surface area contributed by atoms with Crippen LogP contribution in [0.2, 0.25) is 0 Å². The fourth-order valence-electron chi connectivity index (χ4n) is 4.04. The molecule has 206 valence electrons. The van der Waals surface area contributed by atoms with Crippen LogP contribution in [0.25, 0.3) is 11.1 Å². The Morgan fingerprint density at radius 2 is 1.46 bits per heavy atom. The lowest BCUT2D eigenvalue weighted by Crippen LogP contribution is -2.45. The number of amides is 1. The zero-order valence-electron chi connectivity index (χ0n) is 21.2. The van der Waals surface area contributed by atoms with Gasteiger partial charge >= 0.3 is 12.1 Å². The number of ether oxygens (including phenoxy) is 2. The molecule has 0 aliphatic heterocycles. The Morgan fingerprint density at radius 3 is 2.00 bits per heavy atom. The molecule has 0 fully saturated rings. The van der Waals surface area contributed by atoms with Gasteiger partial charge in [-0.3, -0.25) is 0 Å². The van der Waals surface area contributed by atoms with Crippen LogP contribution in [0.5, 0.6) is 5.75 Å². The van der Waals surface area contributed by atoms with Gasteiger partial charge in [-0.1, -0.05) is 90.9 Å². The van der Waals surface area contributed by atoms with E-state index in [0.717, 1.165) is 22.3 Å². The molecule has 4 rings (SSSR count). The van der Waals surface area contributed by atoms with E-state index in [1.165, 1.54) is 21.6 Å². The van der Waals surface area contributed by atoms with Crippen LogP contribution in [0.1, 0.15) is 37.8 Å². The van der Waals surface area contributed by atoms with Crippen LogP contribution in [0.15, 0.2) is 54.6 Å². The van der Waals surface area contributed by atoms with Gasteiger partial charge in [0.15, 0.2) is 11.6 Å². The summed E-state index contributed by atoms with van der Waals surface area (Å²) in [6.07, 6.45) is -0.966. The number of esters is 1. The quantitative estimate of drug-likeness (QED) is 0.0999. The highest BCUT2D eigenvalue weighted by Gasteiger charge is 2.32. The van der Waals surface area contributed by atoms with E-state index in [4.69, 9.17) is 9.47 Å². The average molecular weight is 580 g/mol. The zero-order valence-corrected chi connectivity index (χ0v) is 22.9. The standard InChI is InChI=1S/C28H25F4NO4S2/c1-28(2,3)39-38-14-22(26(34)37-25-23(31)20(29)12-21(30)24(25)32)33-27(35)36-13-19-17-10-6-4-8-15(17)16-9-5-7-11-18(16)19/h4-12,19,22H,13-14H2,1-3H3,(H,33,35)/t22-/m0/s1. The number of alkyl carbamates (subject to hydrolysis) is 1. The summed E-state index contributed by atoms with van der Waals surface area (Å²) in [4.78, 5) is 25.6. The highest BCUT2D eigenvalue weighted by molar-refractivity contribution is 8.77. The van der Waals surface area contributed by atoms with Crippen LogP contribution in [0, 0.1) is 23.3 Å². The summed E-state index contributed by atoms with van der Waals surface area (Å²) in [6.45, 7) is 5.75. The summed E-state index contributed by atoms with van der Waals surface area (Å²) >= 11 is 0. The molecule has 1 N–H and O–H groups in total. The first kappa shape index (κ1) is 28.8. The third-order valence-electron chi connectivity index (χ3n) is 5.74. The Bertz CT molecular complexity index is 1320. The van der Waals surface area contributed by atoms with E-state index in [-0.39, 0.29) is 29.1 Å². The highest BCUT2D eigenvalue weighted by Crippen LogP contribution is 2.44. The SMILES string of the molecule is CC(C)(C)SSC[C@H](NC(=O)OCC1c2ccccc2-c2ccccc21)C(=O)Oc1c(F)c(F)cc(F)c1F. The second-order valence-corrected chi connectivity index (χ2v) is 12.9. The maximum atomic E-state index is 14.1. The van der Waals surface area contributed by atoms with Crippen molar-refractivity contribution in [2.24, 2.45) is 0 Å². The van der Waals surface area contributed by atoms with Crippen LogP contribution in [0.3, 0.4) is 0 Å². The number of carbonyl (C=O) groups excluding carboxylic acids is 2. The third kappa shape index (κ3) is 6.70. The van der Waals surface area contributed by atoms with Gasteiger partial charge in [0, 0.05) is 22.5 Å². The van der Waals surface area contributed by atoms with Crippen molar-refractivity contribution < 1.29 is 36.6 Å². The lowest BCUT2D eigenvalue weighted by Gasteiger charge is -2.21. The van der Waals surface area contributed by atoms with Crippen molar-refractivity contribution >= 4 is 33.7 Å². The minimum absolute atomic E-state index is 0.00421. The normalized spacial score (nSPS) is 13.4. The maximum Gasteiger partial charge on any atom is 0.407 e. The molecule has 5 nitrogen and oxygen atoms in total. The fourth-order valence-corrected chi connectivity index (χ4v) is 6.49. The Labute approximate surface area is 231 Å². The summed E-state index contributed by atoms with van der Waals surface area (Å²) < 4.78 is 65.3. The van der Waals surface area contributed by atoms with Crippen molar-refractivity contribution in [1.29, 1.82) is 0 Å². The molecule has 0 spiro atoms. The van der Waals surface area contributed by atoms with Gasteiger partial charge in [0.05, 0.1) is 0 Å². The number of hydrogen-bond acceptors (Lipinski definition) is 6. The average Bonchev–Trinajstić information content (AvgIpc) is 3.21. The number of rotatable bonds is 8. The van der Waals surface area contributed by atoms with E-state index in [1.807, 2.05) is 69.3 Å². The lowest BCUT2D eigenvalue weighted by molar-refractivity contribution is -0.136. The van der Waals surface area contributed by atoms with Crippen LogP contribution in [-0.4, -0.2) is 35.2 Å². The van der Waals surface area contributed by atoms with E-state index >= 15 is 0 Å². The Hall–Kier alpha value is -3.18. The number of carbonyl (C=O) groups is 2. The zero-order chi connectivity index (χ0) is 28.3. The molecule has 0 unspecified atom stereocenters. The second kappa shape index (κ2) is 11.9. The molecule has 39 heavy (non-hydrogen) atoms. The maximum absolute atomic E-state index is 14.1. The lowest BCUT2D eigenvalue weighted by atomic mass is 9.98. The van der Waals surface area contributed by atoms with Gasteiger partial charge in [-0.2, -0.15) is 8.78 Å². The topological polar surface area (TPSA) is 64.6 Å². The minimum atomic E-state index is -1.86. The predicted molar refractivity (Wildman–Crippen MR) is 144 cm³/mol. The molecule has 0 bridgehead atoms. The van der Waals surface area contributed by atoms with Crippen molar-refractivity contribution in [1.82, 2.24) is 5.32 Å². The van der Waals surface area contributed by atoms with Gasteiger partial charge in [0.2, 0.25) is 17.4 Å². The van der Waals surface area contributed by atoms with Crippen LogP contribution in [-0.2, 0) is 9.53 Å². The largest absolute Gasteiger partial charge is 0.449 e. The van der Waals surface area contributed by atoms with Crippen molar-refractivity contribution in [3.8, 4) is 16.9 Å². The molecule has 1 atom stereocenters. The highest BCUT2D eigenvalue weighted by atomic mass is 33.1. The first-order chi connectivity index (χ1) is 18.5. The molecule has 11 heteroatoms. The van der Waals surface area contributed by atoms with E-state index in [2.05, 4.69) is 5.32 Å². The van der Waals surface area contributed by atoms with Crippen molar-refractivity contribution in [2.75, 3.05) is 12.4 Å². The van der Waals surface area contributed by atoms with E-state index in [9.17, 15) is 27.2 Å². The van der Waals surface area contributed by atoms with Gasteiger partial charge in [-0.05, 0) is 22.3 Å². The molecule has 1 aliphatic rings. The number of halogens is 4.